The molecule has 0 aliphatic heterocycles. The van der Waals surface area contributed by atoms with Crippen LogP contribution < -0.4 is 5.32 Å². The van der Waals surface area contributed by atoms with E-state index in [1.807, 2.05) is 49.0 Å². The molecule has 5 heteroatoms. The molecule has 4 nitrogen and oxygen atoms in total. The van der Waals surface area contributed by atoms with Gasteiger partial charge in [0.15, 0.2) is 0 Å². The Morgan fingerprint density at radius 3 is 2.56 bits per heavy atom. The number of amides is 1. The lowest BCUT2D eigenvalue weighted by Gasteiger charge is -2.21. The van der Waals surface area contributed by atoms with Crippen molar-refractivity contribution in [3.05, 3.63) is 89.3 Å². The molecule has 1 aromatic heterocycles. The SMILES string of the molecule is Cc1ccccc1C(NC(=O)Cc1ccc(F)cc1)c1nccn1C. The van der Waals surface area contributed by atoms with Crippen LogP contribution in [0, 0.1) is 12.7 Å². The van der Waals surface area contributed by atoms with E-state index in [9.17, 15) is 9.18 Å². The maximum atomic E-state index is 13.0. The summed E-state index contributed by atoms with van der Waals surface area (Å²) < 4.78 is 14.9. The number of nitrogens with zero attached hydrogens (tertiary/aromatic N) is 2. The molecule has 1 atom stereocenters. The molecule has 128 valence electrons. The zero-order valence-corrected chi connectivity index (χ0v) is 14.2. The molecule has 3 rings (SSSR count). The summed E-state index contributed by atoms with van der Waals surface area (Å²) in [7, 11) is 1.90. The predicted molar refractivity (Wildman–Crippen MR) is 94.5 cm³/mol. The predicted octanol–water partition coefficient (Wildman–Crippen LogP) is 3.32. The van der Waals surface area contributed by atoms with Crippen LogP contribution >= 0.6 is 0 Å². The van der Waals surface area contributed by atoms with E-state index >= 15 is 0 Å². The normalized spacial score (nSPS) is 12.0. The molecule has 0 spiro atoms. The average Bonchev–Trinajstić information content (AvgIpc) is 3.01. The largest absolute Gasteiger partial charge is 0.342 e. The number of imidazole rings is 1. The second-order valence-corrected chi connectivity index (χ2v) is 6.06. The van der Waals surface area contributed by atoms with E-state index in [4.69, 9.17) is 0 Å². The van der Waals surface area contributed by atoms with Crippen molar-refractivity contribution in [3.63, 3.8) is 0 Å². The van der Waals surface area contributed by atoms with Gasteiger partial charge in [-0.3, -0.25) is 4.79 Å². The van der Waals surface area contributed by atoms with Crippen LogP contribution in [0.2, 0.25) is 0 Å². The first-order valence-electron chi connectivity index (χ1n) is 8.11. The Morgan fingerprint density at radius 2 is 1.92 bits per heavy atom. The monoisotopic (exact) mass is 337 g/mol. The molecule has 1 amide bonds. The summed E-state index contributed by atoms with van der Waals surface area (Å²) in [6.07, 6.45) is 3.76. The van der Waals surface area contributed by atoms with Crippen LogP contribution in [0.15, 0.2) is 60.9 Å². The van der Waals surface area contributed by atoms with E-state index in [1.54, 1.807) is 18.3 Å². The minimum atomic E-state index is -0.339. The Hall–Kier alpha value is -2.95. The van der Waals surface area contributed by atoms with Crippen LogP contribution in [0.5, 0.6) is 0 Å². The third-order valence-corrected chi connectivity index (χ3v) is 4.20. The van der Waals surface area contributed by atoms with E-state index < -0.39 is 0 Å². The topological polar surface area (TPSA) is 46.9 Å². The van der Waals surface area contributed by atoms with E-state index in [0.717, 1.165) is 22.5 Å². The lowest BCUT2D eigenvalue weighted by atomic mass is 10.00. The molecule has 3 aromatic rings. The van der Waals surface area contributed by atoms with Crippen LogP contribution in [-0.2, 0) is 18.3 Å². The summed E-state index contributed by atoms with van der Waals surface area (Å²) in [6.45, 7) is 2.01. The lowest BCUT2D eigenvalue weighted by Crippen LogP contribution is -2.32. The number of halogens is 1. The standard InChI is InChI=1S/C20H20FN3O/c1-14-5-3-4-6-17(14)19(20-22-11-12-24(20)2)23-18(25)13-15-7-9-16(21)10-8-15/h3-12,19H,13H2,1-2H3,(H,23,25). The van der Waals surface area contributed by atoms with Gasteiger partial charge < -0.3 is 9.88 Å². The minimum Gasteiger partial charge on any atom is -0.342 e. The number of nitrogens with one attached hydrogen (secondary N) is 1. The van der Waals surface area contributed by atoms with Gasteiger partial charge in [0.25, 0.3) is 0 Å². The van der Waals surface area contributed by atoms with Crippen molar-refractivity contribution < 1.29 is 9.18 Å². The summed E-state index contributed by atoms with van der Waals surface area (Å²) >= 11 is 0. The summed E-state index contributed by atoms with van der Waals surface area (Å²) in [4.78, 5) is 17.0. The number of carbonyl (C=O) groups excluding carboxylic acids is 1. The van der Waals surface area contributed by atoms with E-state index in [-0.39, 0.29) is 24.2 Å². The molecule has 0 radical (unpaired) electrons. The molecular weight excluding hydrogens is 317 g/mol. The summed E-state index contributed by atoms with van der Waals surface area (Å²) in [6, 6.07) is 13.6. The van der Waals surface area contributed by atoms with Gasteiger partial charge in [0, 0.05) is 19.4 Å². The summed E-state index contributed by atoms with van der Waals surface area (Å²) in [5.74, 6) is 0.319. The molecule has 1 N–H and O–H groups in total. The van der Waals surface area contributed by atoms with Crippen molar-refractivity contribution in [3.8, 4) is 0 Å². The van der Waals surface area contributed by atoms with Gasteiger partial charge in [-0.1, -0.05) is 36.4 Å². The maximum Gasteiger partial charge on any atom is 0.225 e. The molecule has 0 aliphatic rings. The van der Waals surface area contributed by atoms with E-state index in [0.29, 0.717) is 0 Å². The van der Waals surface area contributed by atoms with E-state index in [1.165, 1.54) is 12.1 Å². The van der Waals surface area contributed by atoms with Crippen molar-refractivity contribution in [2.24, 2.45) is 7.05 Å². The van der Waals surface area contributed by atoms with Crippen molar-refractivity contribution >= 4 is 5.91 Å². The van der Waals surface area contributed by atoms with Crippen LogP contribution in [0.1, 0.15) is 28.6 Å². The Bertz CT molecular complexity index is 871. The van der Waals surface area contributed by atoms with E-state index in [2.05, 4.69) is 10.3 Å². The van der Waals surface area contributed by atoms with Gasteiger partial charge >= 0.3 is 0 Å². The summed E-state index contributed by atoms with van der Waals surface area (Å²) in [5, 5.41) is 3.06. The molecule has 25 heavy (non-hydrogen) atoms. The Kier molecular flexibility index (Phi) is 4.93. The third-order valence-electron chi connectivity index (χ3n) is 4.20. The van der Waals surface area contributed by atoms with Gasteiger partial charge in [0.1, 0.15) is 17.7 Å². The quantitative estimate of drug-likeness (QED) is 0.776. The van der Waals surface area contributed by atoms with Crippen molar-refractivity contribution in [2.45, 2.75) is 19.4 Å². The molecule has 1 unspecified atom stereocenters. The number of hydrogen-bond acceptors (Lipinski definition) is 2. The fourth-order valence-electron chi connectivity index (χ4n) is 2.85. The smallest absolute Gasteiger partial charge is 0.225 e. The van der Waals surface area contributed by atoms with Crippen molar-refractivity contribution in [2.75, 3.05) is 0 Å². The first-order valence-corrected chi connectivity index (χ1v) is 8.11. The van der Waals surface area contributed by atoms with Crippen molar-refractivity contribution in [1.29, 1.82) is 0 Å². The number of rotatable bonds is 5. The Morgan fingerprint density at radius 1 is 1.20 bits per heavy atom. The highest BCUT2D eigenvalue weighted by Crippen LogP contribution is 2.23. The molecule has 0 bridgehead atoms. The number of aromatic nitrogens is 2. The minimum absolute atomic E-state index is 0.136. The molecule has 2 aromatic carbocycles. The second-order valence-electron chi connectivity index (χ2n) is 6.06. The highest BCUT2D eigenvalue weighted by Gasteiger charge is 2.22. The fourth-order valence-corrected chi connectivity index (χ4v) is 2.85. The lowest BCUT2D eigenvalue weighted by molar-refractivity contribution is -0.121. The second kappa shape index (κ2) is 7.30. The summed E-state index contributed by atoms with van der Waals surface area (Å²) in [5.41, 5.74) is 2.85. The van der Waals surface area contributed by atoms with Crippen LogP contribution in [0.25, 0.3) is 0 Å². The van der Waals surface area contributed by atoms with Gasteiger partial charge in [0.2, 0.25) is 5.91 Å². The first kappa shape index (κ1) is 16.9. The molecule has 1 heterocycles. The van der Waals surface area contributed by atoms with Crippen LogP contribution in [0.4, 0.5) is 4.39 Å². The highest BCUT2D eigenvalue weighted by atomic mass is 19.1. The van der Waals surface area contributed by atoms with Gasteiger partial charge in [-0.2, -0.15) is 0 Å². The molecule has 0 saturated carbocycles. The van der Waals surface area contributed by atoms with Crippen LogP contribution in [0.3, 0.4) is 0 Å². The molecule has 0 aliphatic carbocycles. The molecular formula is C20H20FN3O. The zero-order chi connectivity index (χ0) is 17.8. The van der Waals surface area contributed by atoms with Gasteiger partial charge in [0.05, 0.1) is 6.42 Å². The number of aryl methyl sites for hydroxylation is 2. The van der Waals surface area contributed by atoms with Crippen LogP contribution in [-0.4, -0.2) is 15.5 Å². The van der Waals surface area contributed by atoms with Gasteiger partial charge in [-0.05, 0) is 35.7 Å². The van der Waals surface area contributed by atoms with Gasteiger partial charge in [-0.15, -0.1) is 0 Å². The number of carbonyl (C=O) groups is 1. The zero-order valence-electron chi connectivity index (χ0n) is 14.2. The maximum absolute atomic E-state index is 13.0. The molecule has 0 fully saturated rings. The highest BCUT2D eigenvalue weighted by molar-refractivity contribution is 5.79. The molecule has 0 saturated heterocycles. The fraction of sp³-hybridized carbons (Fsp3) is 0.200. The van der Waals surface area contributed by atoms with Crippen molar-refractivity contribution in [1.82, 2.24) is 14.9 Å². The average molecular weight is 337 g/mol. The Balaban J connectivity index is 1.85. The number of hydrogen-bond donors (Lipinski definition) is 1. The number of benzene rings is 2. The van der Waals surface area contributed by atoms with Gasteiger partial charge in [-0.25, -0.2) is 9.37 Å². The third kappa shape index (κ3) is 3.94. The first-order chi connectivity index (χ1) is 12.0. The Labute approximate surface area is 146 Å².